The summed E-state index contributed by atoms with van der Waals surface area (Å²) in [5.41, 5.74) is 0.561. The van der Waals surface area contributed by atoms with Crippen molar-refractivity contribution in [2.45, 2.75) is 25.8 Å². The van der Waals surface area contributed by atoms with Crippen LogP contribution in [0.25, 0.3) is 11.0 Å². The topological polar surface area (TPSA) is 66.8 Å². The van der Waals surface area contributed by atoms with Gasteiger partial charge in [0.1, 0.15) is 11.2 Å². The van der Waals surface area contributed by atoms with E-state index in [9.17, 15) is 4.79 Å². The van der Waals surface area contributed by atoms with E-state index >= 15 is 0 Å². The average Bonchev–Trinajstić information content (AvgIpc) is 2.73. The third-order valence-electron chi connectivity index (χ3n) is 3.47. The Labute approximate surface area is 105 Å². The van der Waals surface area contributed by atoms with Crippen molar-refractivity contribution in [1.29, 1.82) is 0 Å². The largest absolute Gasteiger partial charge is 0.309 e. The van der Waals surface area contributed by atoms with Crippen molar-refractivity contribution < 1.29 is 0 Å². The molecule has 2 aromatic heterocycles. The van der Waals surface area contributed by atoms with Gasteiger partial charge in [-0.25, -0.2) is 4.98 Å². The van der Waals surface area contributed by atoms with Gasteiger partial charge in [-0.05, 0) is 25.9 Å². The van der Waals surface area contributed by atoms with Gasteiger partial charge in [-0.15, -0.1) is 0 Å². The van der Waals surface area contributed by atoms with Gasteiger partial charge in [0.2, 0.25) is 0 Å². The number of aromatic amines is 1. The smallest absolute Gasteiger partial charge is 0.262 e. The number of nitrogens with one attached hydrogen (secondary N) is 1. The molecular weight excluding hydrogens is 230 g/mol. The van der Waals surface area contributed by atoms with Crippen LogP contribution in [0.2, 0.25) is 0 Å². The lowest BCUT2D eigenvalue weighted by atomic mass is 10.1. The lowest BCUT2D eigenvalue weighted by Gasteiger charge is -2.25. The fourth-order valence-electron chi connectivity index (χ4n) is 2.48. The molecule has 1 aliphatic rings. The van der Waals surface area contributed by atoms with Gasteiger partial charge in [0.15, 0.2) is 5.65 Å². The molecule has 3 rings (SSSR count). The minimum Gasteiger partial charge on any atom is -0.309 e. The Balaban J connectivity index is 1.92. The normalized spacial score (nSPS) is 17.4. The molecule has 0 saturated carbocycles. The first kappa shape index (κ1) is 11.4. The van der Waals surface area contributed by atoms with Crippen LogP contribution in [0.1, 0.15) is 25.1 Å². The average molecular weight is 247 g/mol. The third kappa shape index (κ3) is 2.03. The number of aromatic nitrogens is 4. The number of H-pyrrole nitrogens is 1. The van der Waals surface area contributed by atoms with Crippen LogP contribution in [0.4, 0.5) is 0 Å². The second-order valence-corrected chi connectivity index (χ2v) is 4.85. The van der Waals surface area contributed by atoms with Crippen molar-refractivity contribution in [3.05, 3.63) is 22.4 Å². The maximum absolute atomic E-state index is 11.9. The van der Waals surface area contributed by atoms with E-state index in [0.29, 0.717) is 11.0 Å². The number of fused-ring (bicyclic) bond motifs is 1. The second kappa shape index (κ2) is 4.53. The zero-order chi connectivity index (χ0) is 12.5. The van der Waals surface area contributed by atoms with Gasteiger partial charge < -0.3 is 4.98 Å². The van der Waals surface area contributed by atoms with Crippen molar-refractivity contribution in [2.24, 2.45) is 7.05 Å². The van der Waals surface area contributed by atoms with E-state index in [1.807, 2.05) is 0 Å². The predicted octanol–water partition coefficient (Wildman–Crippen LogP) is 0.642. The minimum absolute atomic E-state index is 0.0971. The highest BCUT2D eigenvalue weighted by atomic mass is 16.1. The van der Waals surface area contributed by atoms with E-state index in [-0.39, 0.29) is 5.56 Å². The molecule has 0 bridgehead atoms. The van der Waals surface area contributed by atoms with Crippen molar-refractivity contribution in [3.63, 3.8) is 0 Å². The van der Waals surface area contributed by atoms with Crippen LogP contribution in [-0.4, -0.2) is 37.7 Å². The van der Waals surface area contributed by atoms with Gasteiger partial charge in [0.25, 0.3) is 5.56 Å². The number of likely N-dealkylation sites (tertiary alicyclic amines) is 1. The summed E-state index contributed by atoms with van der Waals surface area (Å²) in [6.07, 6.45) is 5.34. The van der Waals surface area contributed by atoms with Crippen molar-refractivity contribution >= 4 is 11.0 Å². The molecule has 6 nitrogen and oxygen atoms in total. The van der Waals surface area contributed by atoms with E-state index in [1.54, 1.807) is 17.9 Å². The van der Waals surface area contributed by atoms with E-state index in [0.717, 1.165) is 25.5 Å². The molecule has 1 N–H and O–H groups in total. The van der Waals surface area contributed by atoms with Crippen LogP contribution < -0.4 is 5.56 Å². The van der Waals surface area contributed by atoms with Crippen LogP contribution >= 0.6 is 0 Å². The summed E-state index contributed by atoms with van der Waals surface area (Å²) in [7, 11) is 1.81. The first-order chi connectivity index (χ1) is 8.74. The molecule has 1 saturated heterocycles. The van der Waals surface area contributed by atoms with Crippen molar-refractivity contribution in [2.75, 3.05) is 13.1 Å². The Hall–Kier alpha value is -1.69. The fraction of sp³-hybridized carbons (Fsp3) is 0.583. The molecule has 0 amide bonds. The first-order valence-corrected chi connectivity index (χ1v) is 6.37. The lowest BCUT2D eigenvalue weighted by Crippen LogP contribution is -2.30. The number of aryl methyl sites for hydroxylation is 1. The molecule has 2 aromatic rings. The maximum Gasteiger partial charge on any atom is 0.262 e. The zero-order valence-corrected chi connectivity index (χ0v) is 10.5. The lowest BCUT2D eigenvalue weighted by molar-refractivity contribution is 0.216. The Bertz CT molecular complexity index is 608. The highest BCUT2D eigenvalue weighted by molar-refractivity contribution is 5.72. The molecule has 0 spiro atoms. The molecule has 0 radical (unpaired) electrons. The molecule has 0 aromatic carbocycles. The molecule has 18 heavy (non-hydrogen) atoms. The first-order valence-electron chi connectivity index (χ1n) is 6.37. The SMILES string of the molecule is Cn1ncc2c(=O)[nH]c(CN3CCCCC3)nc21. The fourth-order valence-corrected chi connectivity index (χ4v) is 2.48. The van der Waals surface area contributed by atoms with Gasteiger partial charge in [-0.1, -0.05) is 6.42 Å². The summed E-state index contributed by atoms with van der Waals surface area (Å²) in [4.78, 5) is 21.6. The quantitative estimate of drug-likeness (QED) is 0.845. The summed E-state index contributed by atoms with van der Waals surface area (Å²) < 4.78 is 1.64. The highest BCUT2D eigenvalue weighted by Crippen LogP contribution is 2.11. The summed E-state index contributed by atoms with van der Waals surface area (Å²) in [5.74, 6) is 0.734. The molecule has 3 heterocycles. The summed E-state index contributed by atoms with van der Waals surface area (Å²) in [6, 6.07) is 0. The molecule has 0 atom stereocenters. The van der Waals surface area contributed by atoms with Crippen LogP contribution in [0, 0.1) is 0 Å². The standard InChI is InChI=1S/C12H17N5O/c1-16-11-9(7-13-16)12(18)15-10(14-11)8-17-5-3-2-4-6-17/h7H,2-6,8H2,1H3,(H,14,15,18). The van der Waals surface area contributed by atoms with Gasteiger partial charge in [0.05, 0.1) is 12.7 Å². The number of hydrogen-bond donors (Lipinski definition) is 1. The van der Waals surface area contributed by atoms with Gasteiger partial charge >= 0.3 is 0 Å². The van der Waals surface area contributed by atoms with Gasteiger partial charge in [-0.2, -0.15) is 5.10 Å². The number of rotatable bonds is 2. The molecular formula is C12H17N5O. The van der Waals surface area contributed by atoms with Crippen LogP contribution in [0.3, 0.4) is 0 Å². The van der Waals surface area contributed by atoms with Crippen LogP contribution in [0.15, 0.2) is 11.0 Å². The van der Waals surface area contributed by atoms with Crippen molar-refractivity contribution in [3.8, 4) is 0 Å². The van der Waals surface area contributed by atoms with Gasteiger partial charge in [0, 0.05) is 7.05 Å². The van der Waals surface area contributed by atoms with Gasteiger partial charge in [-0.3, -0.25) is 14.4 Å². The van der Waals surface area contributed by atoms with Crippen LogP contribution in [0.5, 0.6) is 0 Å². The summed E-state index contributed by atoms with van der Waals surface area (Å²) in [6.45, 7) is 2.90. The van der Waals surface area contributed by atoms with Crippen LogP contribution in [-0.2, 0) is 13.6 Å². The molecule has 96 valence electrons. The number of hydrogen-bond acceptors (Lipinski definition) is 4. The number of nitrogens with zero attached hydrogens (tertiary/aromatic N) is 4. The predicted molar refractivity (Wildman–Crippen MR) is 68.3 cm³/mol. The Morgan fingerprint density at radius 3 is 2.89 bits per heavy atom. The Morgan fingerprint density at radius 1 is 1.33 bits per heavy atom. The summed E-state index contributed by atoms with van der Waals surface area (Å²) >= 11 is 0. The molecule has 1 fully saturated rings. The minimum atomic E-state index is -0.0971. The Kier molecular flexibility index (Phi) is 2.87. The Morgan fingerprint density at radius 2 is 2.11 bits per heavy atom. The van der Waals surface area contributed by atoms with Crippen molar-refractivity contribution in [1.82, 2.24) is 24.6 Å². The number of piperidine rings is 1. The van der Waals surface area contributed by atoms with E-state index in [4.69, 9.17) is 0 Å². The monoisotopic (exact) mass is 247 g/mol. The van der Waals surface area contributed by atoms with E-state index < -0.39 is 0 Å². The van der Waals surface area contributed by atoms with E-state index in [2.05, 4.69) is 20.0 Å². The molecule has 6 heteroatoms. The third-order valence-corrected chi connectivity index (χ3v) is 3.47. The highest BCUT2D eigenvalue weighted by Gasteiger charge is 2.13. The molecule has 0 aliphatic carbocycles. The van der Waals surface area contributed by atoms with E-state index in [1.165, 1.54) is 19.3 Å². The second-order valence-electron chi connectivity index (χ2n) is 4.85. The zero-order valence-electron chi connectivity index (χ0n) is 10.5. The summed E-state index contributed by atoms with van der Waals surface area (Å²) in [5, 5.41) is 4.62. The molecule has 0 unspecified atom stereocenters. The molecule has 1 aliphatic heterocycles. The maximum atomic E-state index is 11.9.